The zero-order valence-electron chi connectivity index (χ0n) is 7.94. The van der Waals surface area contributed by atoms with Crippen molar-refractivity contribution in [2.24, 2.45) is 0 Å². The molecule has 1 heterocycles. The van der Waals surface area contributed by atoms with Crippen LogP contribution in [0.15, 0.2) is 18.3 Å². The third-order valence-electron chi connectivity index (χ3n) is 3.12. The van der Waals surface area contributed by atoms with Crippen LogP contribution >= 0.6 is 11.6 Å². The predicted molar refractivity (Wildman–Crippen MR) is 60.0 cm³/mol. The molecule has 1 N–H and O–H groups in total. The van der Waals surface area contributed by atoms with Gasteiger partial charge in [-0.1, -0.05) is 11.6 Å². The van der Waals surface area contributed by atoms with Crippen LogP contribution in [-0.2, 0) is 12.8 Å². The van der Waals surface area contributed by atoms with Crippen molar-refractivity contribution in [1.29, 1.82) is 0 Å². The highest BCUT2D eigenvalue weighted by molar-refractivity contribution is 6.32. The maximum absolute atomic E-state index is 6.26. The molecule has 0 saturated heterocycles. The van der Waals surface area contributed by atoms with Crippen LogP contribution in [-0.4, -0.2) is 4.98 Å². The molecule has 0 unspecified atom stereocenters. The minimum atomic E-state index is 0.951. The van der Waals surface area contributed by atoms with Crippen LogP contribution in [0.25, 0.3) is 10.9 Å². The van der Waals surface area contributed by atoms with Gasteiger partial charge in [0.2, 0.25) is 0 Å². The number of hydrogen-bond acceptors (Lipinski definition) is 0. The van der Waals surface area contributed by atoms with Crippen molar-refractivity contribution in [3.8, 4) is 0 Å². The molecule has 1 aromatic carbocycles. The van der Waals surface area contributed by atoms with E-state index in [-0.39, 0.29) is 0 Å². The van der Waals surface area contributed by atoms with E-state index in [1.54, 1.807) is 0 Å². The van der Waals surface area contributed by atoms with Crippen LogP contribution < -0.4 is 0 Å². The molecule has 1 aliphatic rings. The van der Waals surface area contributed by atoms with Crippen LogP contribution in [0, 0.1) is 0 Å². The summed E-state index contributed by atoms with van der Waals surface area (Å²) in [6, 6.07) is 4.17. The highest BCUT2D eigenvalue weighted by Crippen LogP contribution is 2.33. The summed E-state index contributed by atoms with van der Waals surface area (Å²) in [5.74, 6) is 0. The minimum absolute atomic E-state index is 0.951. The van der Waals surface area contributed by atoms with E-state index in [0.29, 0.717) is 0 Å². The second-order valence-corrected chi connectivity index (χ2v) is 4.37. The first kappa shape index (κ1) is 8.37. The van der Waals surface area contributed by atoms with Crippen molar-refractivity contribution in [3.05, 3.63) is 34.5 Å². The molecule has 0 radical (unpaired) electrons. The molecule has 3 rings (SSSR count). The summed E-state index contributed by atoms with van der Waals surface area (Å²) >= 11 is 6.26. The first-order chi connectivity index (χ1) is 6.86. The van der Waals surface area contributed by atoms with E-state index < -0.39 is 0 Å². The topological polar surface area (TPSA) is 15.8 Å². The number of benzene rings is 1. The number of aromatic nitrogens is 1. The van der Waals surface area contributed by atoms with E-state index in [2.05, 4.69) is 17.1 Å². The van der Waals surface area contributed by atoms with E-state index in [0.717, 1.165) is 11.4 Å². The van der Waals surface area contributed by atoms with Crippen LogP contribution in [0.4, 0.5) is 0 Å². The monoisotopic (exact) mass is 205 g/mol. The zero-order chi connectivity index (χ0) is 9.54. The van der Waals surface area contributed by atoms with Crippen molar-refractivity contribution in [1.82, 2.24) is 4.98 Å². The number of fused-ring (bicyclic) bond motifs is 3. The summed E-state index contributed by atoms with van der Waals surface area (Å²) < 4.78 is 0. The molecule has 0 atom stereocenters. The lowest BCUT2D eigenvalue weighted by atomic mass is 9.90. The molecule has 14 heavy (non-hydrogen) atoms. The third kappa shape index (κ3) is 1.09. The van der Waals surface area contributed by atoms with Gasteiger partial charge in [-0.3, -0.25) is 0 Å². The minimum Gasteiger partial charge on any atom is -0.361 e. The summed E-state index contributed by atoms with van der Waals surface area (Å²) in [6.07, 6.45) is 6.88. The average molecular weight is 206 g/mol. The van der Waals surface area contributed by atoms with Gasteiger partial charge in [0.05, 0.1) is 0 Å². The average Bonchev–Trinajstić information content (AvgIpc) is 2.66. The Morgan fingerprint density at radius 3 is 2.79 bits per heavy atom. The highest BCUT2D eigenvalue weighted by Gasteiger charge is 2.16. The second-order valence-electron chi connectivity index (χ2n) is 3.96. The number of rotatable bonds is 0. The van der Waals surface area contributed by atoms with Gasteiger partial charge in [-0.15, -0.1) is 0 Å². The smallest absolute Gasteiger partial charge is 0.0490 e. The van der Waals surface area contributed by atoms with E-state index in [1.807, 2.05) is 6.20 Å². The van der Waals surface area contributed by atoms with E-state index in [9.17, 15) is 0 Å². The zero-order valence-corrected chi connectivity index (χ0v) is 8.69. The summed E-state index contributed by atoms with van der Waals surface area (Å²) in [5.41, 5.74) is 4.11. The summed E-state index contributed by atoms with van der Waals surface area (Å²) in [4.78, 5) is 3.32. The number of halogens is 1. The molecule has 0 saturated carbocycles. The van der Waals surface area contributed by atoms with Gasteiger partial charge in [-0.25, -0.2) is 0 Å². The van der Waals surface area contributed by atoms with Gasteiger partial charge in [0.25, 0.3) is 0 Å². The van der Waals surface area contributed by atoms with Gasteiger partial charge < -0.3 is 4.98 Å². The number of aromatic amines is 1. The van der Waals surface area contributed by atoms with Crippen LogP contribution in [0.2, 0.25) is 5.02 Å². The summed E-state index contributed by atoms with van der Waals surface area (Å²) in [5, 5.41) is 2.20. The lowest BCUT2D eigenvalue weighted by molar-refractivity contribution is 0.689. The molecule has 72 valence electrons. The largest absolute Gasteiger partial charge is 0.361 e. The van der Waals surface area contributed by atoms with Crippen LogP contribution in [0.1, 0.15) is 24.0 Å². The van der Waals surface area contributed by atoms with Gasteiger partial charge in [0.1, 0.15) is 0 Å². The van der Waals surface area contributed by atoms with E-state index in [1.165, 1.54) is 41.3 Å². The number of H-pyrrole nitrogens is 1. The van der Waals surface area contributed by atoms with E-state index >= 15 is 0 Å². The Labute approximate surface area is 88.1 Å². The molecule has 2 aromatic rings. The fourth-order valence-electron chi connectivity index (χ4n) is 2.43. The summed E-state index contributed by atoms with van der Waals surface area (Å²) in [7, 11) is 0. The molecular weight excluding hydrogens is 194 g/mol. The fraction of sp³-hybridized carbons (Fsp3) is 0.333. The van der Waals surface area contributed by atoms with Gasteiger partial charge in [-0.05, 0) is 48.9 Å². The first-order valence-electron chi connectivity index (χ1n) is 5.13. The number of nitrogens with one attached hydrogen (secondary N) is 1. The molecule has 1 aliphatic carbocycles. The first-order valence-corrected chi connectivity index (χ1v) is 5.51. The van der Waals surface area contributed by atoms with Crippen molar-refractivity contribution in [2.45, 2.75) is 25.7 Å². The highest BCUT2D eigenvalue weighted by atomic mass is 35.5. The van der Waals surface area contributed by atoms with Gasteiger partial charge in [0, 0.05) is 22.1 Å². The lowest BCUT2D eigenvalue weighted by Crippen LogP contribution is -2.03. The van der Waals surface area contributed by atoms with Gasteiger partial charge in [-0.2, -0.15) is 0 Å². The standard InChI is InChI=1S/C12H12ClN/c13-11-7-8-5-6-14-12(8)10-4-2-1-3-9(10)11/h5-7,14H,1-4H2. The normalized spacial score (nSPS) is 15.8. The van der Waals surface area contributed by atoms with Crippen molar-refractivity contribution in [3.63, 3.8) is 0 Å². The summed E-state index contributed by atoms with van der Waals surface area (Å²) in [6.45, 7) is 0. The molecule has 1 nitrogen and oxygen atoms in total. The van der Waals surface area contributed by atoms with Crippen molar-refractivity contribution >= 4 is 22.5 Å². The van der Waals surface area contributed by atoms with Crippen LogP contribution in [0.3, 0.4) is 0 Å². The predicted octanol–water partition coefficient (Wildman–Crippen LogP) is 3.70. The molecule has 0 aliphatic heterocycles. The molecule has 2 heteroatoms. The number of aryl methyl sites for hydroxylation is 1. The third-order valence-corrected chi connectivity index (χ3v) is 3.46. The molecular formula is C12H12ClN. The fourth-order valence-corrected chi connectivity index (χ4v) is 2.76. The maximum Gasteiger partial charge on any atom is 0.0490 e. The Morgan fingerprint density at radius 1 is 1.14 bits per heavy atom. The Kier molecular flexibility index (Phi) is 1.81. The van der Waals surface area contributed by atoms with Crippen LogP contribution in [0.5, 0.6) is 0 Å². The molecule has 1 aromatic heterocycles. The van der Waals surface area contributed by atoms with Crippen molar-refractivity contribution < 1.29 is 0 Å². The molecule has 0 bridgehead atoms. The van der Waals surface area contributed by atoms with Gasteiger partial charge in [0.15, 0.2) is 0 Å². The van der Waals surface area contributed by atoms with Gasteiger partial charge >= 0.3 is 0 Å². The maximum atomic E-state index is 6.26. The second kappa shape index (κ2) is 3.03. The Hall–Kier alpha value is -0.950. The Morgan fingerprint density at radius 2 is 1.93 bits per heavy atom. The molecule has 0 fully saturated rings. The van der Waals surface area contributed by atoms with E-state index in [4.69, 9.17) is 11.6 Å². The molecule has 0 spiro atoms. The number of hydrogen-bond donors (Lipinski definition) is 1. The Balaban J connectivity index is 2.39. The lowest BCUT2D eigenvalue weighted by Gasteiger charge is -2.17. The molecule has 0 amide bonds. The SMILES string of the molecule is Clc1cc2cc[nH]c2c2c1CCCC2. The van der Waals surface area contributed by atoms with Crippen molar-refractivity contribution in [2.75, 3.05) is 0 Å². The quantitative estimate of drug-likeness (QED) is 0.675. The Bertz CT molecular complexity index is 484.